The summed E-state index contributed by atoms with van der Waals surface area (Å²) in [4.78, 5) is 14.3. The molecule has 1 saturated heterocycles. The first-order valence-corrected chi connectivity index (χ1v) is 8.86. The van der Waals surface area contributed by atoms with Gasteiger partial charge in [0.05, 0.1) is 11.6 Å². The highest BCUT2D eigenvalue weighted by molar-refractivity contribution is 6.35. The molecular weight excluding hydrogens is 335 g/mol. The minimum atomic E-state index is 0.219. The van der Waals surface area contributed by atoms with E-state index >= 15 is 0 Å². The Labute approximate surface area is 148 Å². The molecule has 128 valence electrons. The van der Waals surface area contributed by atoms with Crippen molar-refractivity contribution in [1.82, 2.24) is 10.2 Å². The van der Waals surface area contributed by atoms with Crippen molar-refractivity contribution in [1.29, 1.82) is 0 Å². The van der Waals surface area contributed by atoms with Crippen LogP contribution in [-0.4, -0.2) is 44.1 Å². The van der Waals surface area contributed by atoms with Crippen LogP contribution in [0.3, 0.4) is 0 Å². The summed E-state index contributed by atoms with van der Waals surface area (Å²) in [5.41, 5.74) is 0. The molecule has 1 amide bonds. The van der Waals surface area contributed by atoms with Crippen LogP contribution in [0, 0.1) is 5.92 Å². The summed E-state index contributed by atoms with van der Waals surface area (Å²) < 4.78 is 5.62. The number of halogens is 2. The molecule has 1 atom stereocenters. The maximum absolute atomic E-state index is 12.3. The number of ether oxygens (including phenoxy) is 1. The van der Waals surface area contributed by atoms with Crippen molar-refractivity contribution >= 4 is 29.1 Å². The average molecular weight is 359 g/mol. The first-order chi connectivity index (χ1) is 11.1. The Morgan fingerprint density at radius 2 is 2.26 bits per heavy atom. The van der Waals surface area contributed by atoms with Gasteiger partial charge in [0, 0.05) is 24.5 Å². The van der Waals surface area contributed by atoms with Gasteiger partial charge in [-0.25, -0.2) is 0 Å². The van der Waals surface area contributed by atoms with E-state index in [9.17, 15) is 4.79 Å². The van der Waals surface area contributed by atoms with Crippen LogP contribution in [0.1, 0.15) is 25.7 Å². The minimum Gasteiger partial charge on any atom is -0.492 e. The zero-order valence-electron chi connectivity index (χ0n) is 13.5. The molecule has 0 saturated carbocycles. The third-order valence-corrected chi connectivity index (χ3v) is 4.58. The van der Waals surface area contributed by atoms with Gasteiger partial charge in [0.15, 0.2) is 0 Å². The number of carbonyl (C=O) groups is 1. The number of hydrogen-bond donors (Lipinski definition) is 1. The van der Waals surface area contributed by atoms with Crippen molar-refractivity contribution in [3.63, 3.8) is 0 Å². The predicted molar refractivity (Wildman–Crippen MR) is 94.4 cm³/mol. The van der Waals surface area contributed by atoms with Crippen LogP contribution in [0.15, 0.2) is 18.2 Å². The minimum absolute atomic E-state index is 0.219. The predicted octanol–water partition coefficient (Wildman–Crippen LogP) is 3.61. The Hall–Kier alpha value is -0.970. The topological polar surface area (TPSA) is 41.6 Å². The third kappa shape index (κ3) is 5.87. The van der Waals surface area contributed by atoms with E-state index in [1.807, 2.05) is 11.9 Å². The average Bonchev–Trinajstić information content (AvgIpc) is 2.53. The van der Waals surface area contributed by atoms with Crippen molar-refractivity contribution in [3.05, 3.63) is 28.2 Å². The van der Waals surface area contributed by atoms with Crippen LogP contribution in [0.2, 0.25) is 10.0 Å². The number of nitrogens with zero attached hydrogens (tertiary/aromatic N) is 1. The molecule has 1 aromatic carbocycles. The zero-order valence-corrected chi connectivity index (χ0v) is 15.0. The second-order valence-corrected chi connectivity index (χ2v) is 6.78. The summed E-state index contributed by atoms with van der Waals surface area (Å²) in [5, 5.41) is 4.27. The summed E-state index contributed by atoms with van der Waals surface area (Å²) in [5.74, 6) is 1.40. The van der Waals surface area contributed by atoms with Gasteiger partial charge >= 0.3 is 0 Å². The number of likely N-dealkylation sites (tertiary alicyclic amines) is 1. The van der Waals surface area contributed by atoms with Crippen molar-refractivity contribution in [2.75, 3.05) is 33.3 Å². The Balaban J connectivity index is 1.70. The Bertz CT molecular complexity index is 523. The molecule has 0 spiro atoms. The summed E-state index contributed by atoms with van der Waals surface area (Å²) >= 11 is 11.9. The molecular formula is C17H24Cl2N2O2. The lowest BCUT2D eigenvalue weighted by molar-refractivity contribution is -0.133. The highest BCUT2D eigenvalue weighted by Gasteiger charge is 2.22. The second-order valence-electron chi connectivity index (χ2n) is 5.93. The lowest BCUT2D eigenvalue weighted by Crippen LogP contribution is -2.42. The van der Waals surface area contributed by atoms with E-state index in [2.05, 4.69) is 5.32 Å². The van der Waals surface area contributed by atoms with Crippen molar-refractivity contribution in [2.45, 2.75) is 25.7 Å². The fraction of sp³-hybridized carbons (Fsp3) is 0.588. The number of hydrogen-bond acceptors (Lipinski definition) is 3. The number of amides is 1. The molecule has 1 fully saturated rings. The van der Waals surface area contributed by atoms with Gasteiger partial charge in [-0.3, -0.25) is 4.79 Å². The highest BCUT2D eigenvalue weighted by atomic mass is 35.5. The number of rotatable bonds is 7. The summed E-state index contributed by atoms with van der Waals surface area (Å²) in [6, 6.07) is 5.14. The van der Waals surface area contributed by atoms with Crippen LogP contribution in [-0.2, 0) is 4.79 Å². The molecule has 6 heteroatoms. The quantitative estimate of drug-likeness (QED) is 0.757. The van der Waals surface area contributed by atoms with E-state index in [0.717, 1.165) is 26.1 Å². The van der Waals surface area contributed by atoms with E-state index in [0.29, 0.717) is 41.2 Å². The summed E-state index contributed by atoms with van der Waals surface area (Å²) in [6.45, 7) is 3.19. The first kappa shape index (κ1) is 18.4. The van der Waals surface area contributed by atoms with Gasteiger partial charge in [-0.15, -0.1) is 0 Å². The standard InChI is InChI=1S/C17H24Cl2N2O2/c1-20-11-13-4-2-8-21(12-13)17(22)5-3-9-23-16-7-6-14(18)10-15(16)19/h6-7,10,13,20H,2-5,8-9,11-12H2,1H3. The van der Waals surface area contributed by atoms with E-state index in [1.165, 1.54) is 6.42 Å². The van der Waals surface area contributed by atoms with E-state index in [1.54, 1.807) is 18.2 Å². The molecule has 4 nitrogen and oxygen atoms in total. The van der Waals surface area contributed by atoms with Gasteiger partial charge in [-0.2, -0.15) is 0 Å². The molecule has 1 N–H and O–H groups in total. The highest BCUT2D eigenvalue weighted by Crippen LogP contribution is 2.27. The van der Waals surface area contributed by atoms with Gasteiger partial charge in [-0.1, -0.05) is 23.2 Å². The van der Waals surface area contributed by atoms with Crippen molar-refractivity contribution < 1.29 is 9.53 Å². The molecule has 2 rings (SSSR count). The zero-order chi connectivity index (χ0) is 16.7. The Kier molecular flexibility index (Phi) is 7.47. The maximum Gasteiger partial charge on any atom is 0.222 e. The molecule has 1 unspecified atom stereocenters. The van der Waals surface area contributed by atoms with Crippen LogP contribution >= 0.6 is 23.2 Å². The van der Waals surface area contributed by atoms with Gasteiger partial charge < -0.3 is 15.0 Å². The van der Waals surface area contributed by atoms with Crippen LogP contribution in [0.4, 0.5) is 0 Å². The van der Waals surface area contributed by atoms with Crippen molar-refractivity contribution in [3.8, 4) is 5.75 Å². The number of benzene rings is 1. The molecule has 0 aliphatic carbocycles. The van der Waals surface area contributed by atoms with Gasteiger partial charge in [-0.05, 0) is 57.0 Å². The molecule has 23 heavy (non-hydrogen) atoms. The smallest absolute Gasteiger partial charge is 0.222 e. The molecule has 1 heterocycles. The maximum atomic E-state index is 12.3. The van der Waals surface area contributed by atoms with Crippen LogP contribution in [0.5, 0.6) is 5.75 Å². The van der Waals surface area contributed by atoms with Crippen LogP contribution < -0.4 is 10.1 Å². The lowest BCUT2D eigenvalue weighted by atomic mass is 9.97. The molecule has 1 aliphatic rings. The first-order valence-electron chi connectivity index (χ1n) is 8.10. The Morgan fingerprint density at radius 3 is 3.00 bits per heavy atom. The molecule has 1 aromatic rings. The van der Waals surface area contributed by atoms with E-state index in [-0.39, 0.29) is 5.91 Å². The van der Waals surface area contributed by atoms with Gasteiger partial charge in [0.25, 0.3) is 0 Å². The molecule has 1 aliphatic heterocycles. The largest absolute Gasteiger partial charge is 0.492 e. The Morgan fingerprint density at radius 1 is 1.43 bits per heavy atom. The van der Waals surface area contributed by atoms with Gasteiger partial charge in [0.2, 0.25) is 5.91 Å². The summed E-state index contributed by atoms with van der Waals surface area (Å²) in [6.07, 6.45) is 3.49. The SMILES string of the molecule is CNCC1CCCN(C(=O)CCCOc2ccc(Cl)cc2Cl)C1. The van der Waals surface area contributed by atoms with Crippen LogP contribution in [0.25, 0.3) is 0 Å². The van der Waals surface area contributed by atoms with Crippen molar-refractivity contribution in [2.24, 2.45) is 5.92 Å². The van der Waals surface area contributed by atoms with E-state index in [4.69, 9.17) is 27.9 Å². The fourth-order valence-electron chi connectivity index (χ4n) is 2.90. The molecule has 0 radical (unpaired) electrons. The molecule has 0 bridgehead atoms. The number of nitrogens with one attached hydrogen (secondary N) is 1. The van der Waals surface area contributed by atoms with Gasteiger partial charge in [0.1, 0.15) is 5.75 Å². The fourth-order valence-corrected chi connectivity index (χ4v) is 3.37. The number of piperidine rings is 1. The third-order valence-electron chi connectivity index (χ3n) is 4.05. The monoisotopic (exact) mass is 358 g/mol. The lowest BCUT2D eigenvalue weighted by Gasteiger charge is -2.32. The molecule has 0 aromatic heterocycles. The van der Waals surface area contributed by atoms with E-state index < -0.39 is 0 Å². The number of carbonyl (C=O) groups excluding carboxylic acids is 1. The normalized spacial score (nSPS) is 18.0. The summed E-state index contributed by atoms with van der Waals surface area (Å²) in [7, 11) is 1.96. The second kappa shape index (κ2) is 9.36.